The Morgan fingerprint density at radius 1 is 1.24 bits per heavy atom. The lowest BCUT2D eigenvalue weighted by molar-refractivity contribution is 0.688. The third-order valence-corrected chi connectivity index (χ3v) is 3.80. The molecule has 0 N–H and O–H groups in total. The summed E-state index contributed by atoms with van der Waals surface area (Å²) >= 11 is 5.93. The van der Waals surface area contributed by atoms with Crippen LogP contribution in [0, 0.1) is 0 Å². The van der Waals surface area contributed by atoms with E-state index in [2.05, 4.69) is 21.6 Å². The van der Waals surface area contributed by atoms with E-state index in [4.69, 9.17) is 16.6 Å². The van der Waals surface area contributed by atoms with Crippen LogP contribution < -0.4 is 0 Å². The van der Waals surface area contributed by atoms with E-state index in [1.807, 2.05) is 36.3 Å². The minimum absolute atomic E-state index is 0.564. The SMILES string of the molecule is CCc1nn(C)c2c1nc(CCCl)n2Cc1ccncc1. The number of fused-ring (bicyclic) bond motifs is 1. The molecule has 3 rings (SSSR count). The van der Waals surface area contributed by atoms with Gasteiger partial charge in [-0.3, -0.25) is 9.67 Å². The first-order valence-corrected chi connectivity index (χ1v) is 7.64. The van der Waals surface area contributed by atoms with Crippen LogP contribution in [0.5, 0.6) is 0 Å². The predicted octanol–water partition coefficient (Wildman–Crippen LogP) is 2.56. The van der Waals surface area contributed by atoms with Crippen LogP contribution in [0.4, 0.5) is 0 Å². The van der Waals surface area contributed by atoms with Gasteiger partial charge >= 0.3 is 0 Å². The molecule has 0 spiro atoms. The van der Waals surface area contributed by atoms with Gasteiger partial charge in [-0.15, -0.1) is 11.6 Å². The second-order valence-electron chi connectivity index (χ2n) is 5.00. The van der Waals surface area contributed by atoms with E-state index < -0.39 is 0 Å². The average Bonchev–Trinajstić information content (AvgIpc) is 2.99. The number of alkyl halides is 1. The zero-order chi connectivity index (χ0) is 14.8. The van der Waals surface area contributed by atoms with Crippen LogP contribution in [-0.4, -0.2) is 30.2 Å². The lowest BCUT2D eigenvalue weighted by Gasteiger charge is -2.09. The lowest BCUT2D eigenvalue weighted by atomic mass is 10.2. The highest BCUT2D eigenvalue weighted by Crippen LogP contribution is 2.21. The molecule has 0 bridgehead atoms. The molecule has 0 saturated carbocycles. The van der Waals surface area contributed by atoms with Gasteiger partial charge in [0, 0.05) is 31.7 Å². The fourth-order valence-corrected chi connectivity index (χ4v) is 2.81. The fourth-order valence-electron chi connectivity index (χ4n) is 2.64. The van der Waals surface area contributed by atoms with Crippen LogP contribution >= 0.6 is 11.6 Å². The van der Waals surface area contributed by atoms with Crippen molar-refractivity contribution < 1.29 is 0 Å². The van der Waals surface area contributed by atoms with Crippen LogP contribution in [0.2, 0.25) is 0 Å². The quantitative estimate of drug-likeness (QED) is 0.681. The van der Waals surface area contributed by atoms with Gasteiger partial charge in [-0.1, -0.05) is 6.92 Å². The maximum Gasteiger partial charge on any atom is 0.158 e. The van der Waals surface area contributed by atoms with Gasteiger partial charge in [0.2, 0.25) is 0 Å². The maximum absolute atomic E-state index is 5.93. The van der Waals surface area contributed by atoms with Crippen molar-refractivity contribution in [1.29, 1.82) is 0 Å². The van der Waals surface area contributed by atoms with E-state index in [1.165, 1.54) is 5.56 Å². The molecule has 5 nitrogen and oxygen atoms in total. The van der Waals surface area contributed by atoms with Crippen LogP contribution in [0.25, 0.3) is 11.2 Å². The van der Waals surface area contributed by atoms with E-state index in [1.54, 1.807) is 0 Å². The molecule has 3 aromatic rings. The van der Waals surface area contributed by atoms with Crippen LogP contribution in [0.3, 0.4) is 0 Å². The Morgan fingerprint density at radius 3 is 2.67 bits per heavy atom. The van der Waals surface area contributed by atoms with Gasteiger partial charge in [-0.2, -0.15) is 5.10 Å². The largest absolute Gasteiger partial charge is 0.308 e. The number of pyridine rings is 1. The number of hydrogen-bond acceptors (Lipinski definition) is 3. The van der Waals surface area contributed by atoms with E-state index >= 15 is 0 Å². The van der Waals surface area contributed by atoms with Gasteiger partial charge < -0.3 is 4.57 Å². The van der Waals surface area contributed by atoms with E-state index in [0.717, 1.165) is 42.1 Å². The predicted molar refractivity (Wildman–Crippen MR) is 83.6 cm³/mol. The highest BCUT2D eigenvalue weighted by Gasteiger charge is 2.18. The van der Waals surface area contributed by atoms with E-state index in [-0.39, 0.29) is 0 Å². The zero-order valence-corrected chi connectivity index (χ0v) is 13.0. The molecule has 0 radical (unpaired) electrons. The smallest absolute Gasteiger partial charge is 0.158 e. The molecule has 3 aromatic heterocycles. The summed E-state index contributed by atoms with van der Waals surface area (Å²) in [6.07, 6.45) is 5.26. The Balaban J connectivity index is 2.13. The molecule has 0 fully saturated rings. The first kappa shape index (κ1) is 14.1. The summed E-state index contributed by atoms with van der Waals surface area (Å²) in [5.74, 6) is 1.58. The fraction of sp³-hybridized carbons (Fsp3) is 0.400. The molecule has 6 heteroatoms. The summed E-state index contributed by atoms with van der Waals surface area (Å²) in [5.41, 5.74) is 4.29. The van der Waals surface area contributed by atoms with Crippen molar-refractivity contribution in [3.05, 3.63) is 41.6 Å². The molecular weight excluding hydrogens is 286 g/mol. The molecule has 0 aromatic carbocycles. The third kappa shape index (κ3) is 2.53. The molecule has 0 atom stereocenters. The number of rotatable bonds is 5. The van der Waals surface area contributed by atoms with Crippen molar-refractivity contribution in [2.75, 3.05) is 5.88 Å². The summed E-state index contributed by atoms with van der Waals surface area (Å²) in [5, 5.41) is 4.56. The second-order valence-corrected chi connectivity index (χ2v) is 5.38. The number of nitrogens with zero attached hydrogens (tertiary/aromatic N) is 5. The Morgan fingerprint density at radius 2 is 2.00 bits per heavy atom. The highest BCUT2D eigenvalue weighted by atomic mass is 35.5. The summed E-state index contributed by atoms with van der Waals surface area (Å²) in [6.45, 7) is 2.86. The summed E-state index contributed by atoms with van der Waals surface area (Å²) < 4.78 is 4.12. The Kier molecular flexibility index (Phi) is 3.92. The second kappa shape index (κ2) is 5.85. The van der Waals surface area contributed by atoms with E-state index in [9.17, 15) is 0 Å². The van der Waals surface area contributed by atoms with Crippen LogP contribution in [0.1, 0.15) is 24.0 Å². The average molecular weight is 304 g/mol. The van der Waals surface area contributed by atoms with Crippen molar-refractivity contribution in [3.63, 3.8) is 0 Å². The number of hydrogen-bond donors (Lipinski definition) is 0. The first-order chi connectivity index (χ1) is 10.2. The lowest BCUT2D eigenvalue weighted by Crippen LogP contribution is -2.09. The monoisotopic (exact) mass is 303 g/mol. The standard InChI is InChI=1S/C15H18ClN5/c1-3-12-14-15(20(2)19-12)21(13(18-14)4-7-16)10-11-5-8-17-9-6-11/h5-6,8-9H,3-4,7,10H2,1-2H3. The van der Waals surface area contributed by atoms with Gasteiger partial charge in [-0.05, 0) is 24.1 Å². The van der Waals surface area contributed by atoms with Crippen molar-refractivity contribution in [2.45, 2.75) is 26.3 Å². The zero-order valence-electron chi connectivity index (χ0n) is 12.3. The van der Waals surface area contributed by atoms with Gasteiger partial charge in [0.15, 0.2) is 5.65 Å². The Bertz CT molecular complexity index is 744. The van der Waals surface area contributed by atoms with Crippen molar-refractivity contribution in [1.82, 2.24) is 24.3 Å². The summed E-state index contributed by atoms with van der Waals surface area (Å²) in [7, 11) is 1.97. The highest BCUT2D eigenvalue weighted by molar-refractivity contribution is 6.17. The molecule has 0 aliphatic heterocycles. The minimum atomic E-state index is 0.564. The summed E-state index contributed by atoms with van der Waals surface area (Å²) in [6, 6.07) is 4.04. The molecule has 21 heavy (non-hydrogen) atoms. The van der Waals surface area contributed by atoms with Gasteiger partial charge in [0.25, 0.3) is 0 Å². The molecule has 0 unspecified atom stereocenters. The molecule has 3 heterocycles. The number of aryl methyl sites for hydroxylation is 3. The van der Waals surface area contributed by atoms with Crippen molar-refractivity contribution in [2.24, 2.45) is 7.05 Å². The van der Waals surface area contributed by atoms with E-state index in [0.29, 0.717) is 5.88 Å². The maximum atomic E-state index is 5.93. The Hall–Kier alpha value is -1.88. The molecule has 0 aliphatic carbocycles. The van der Waals surface area contributed by atoms with Crippen molar-refractivity contribution in [3.8, 4) is 0 Å². The Labute approximate surface area is 128 Å². The van der Waals surface area contributed by atoms with Gasteiger partial charge in [0.05, 0.1) is 12.2 Å². The number of imidazole rings is 1. The van der Waals surface area contributed by atoms with Gasteiger partial charge in [0.1, 0.15) is 11.3 Å². The minimum Gasteiger partial charge on any atom is -0.308 e. The van der Waals surface area contributed by atoms with Crippen LogP contribution in [0.15, 0.2) is 24.5 Å². The molecule has 110 valence electrons. The molecule has 0 saturated heterocycles. The number of aromatic nitrogens is 5. The normalized spacial score (nSPS) is 11.4. The number of halogens is 1. The molecule has 0 amide bonds. The first-order valence-electron chi connectivity index (χ1n) is 7.10. The van der Waals surface area contributed by atoms with Crippen molar-refractivity contribution >= 4 is 22.8 Å². The topological polar surface area (TPSA) is 48.5 Å². The molecular formula is C15H18ClN5. The third-order valence-electron chi connectivity index (χ3n) is 3.61. The molecule has 0 aliphatic rings. The van der Waals surface area contributed by atoms with Gasteiger partial charge in [-0.25, -0.2) is 4.98 Å². The van der Waals surface area contributed by atoms with Crippen LogP contribution in [-0.2, 0) is 26.4 Å². The summed E-state index contributed by atoms with van der Waals surface area (Å²) in [4.78, 5) is 8.84.